The van der Waals surface area contributed by atoms with Gasteiger partial charge in [-0.05, 0) is 84.4 Å². The molecule has 10 aromatic rings. The van der Waals surface area contributed by atoms with Crippen molar-refractivity contribution in [2.24, 2.45) is 0 Å². The van der Waals surface area contributed by atoms with Crippen LogP contribution in [0.1, 0.15) is 0 Å². The first kappa shape index (κ1) is 25.2. The van der Waals surface area contributed by atoms with E-state index in [9.17, 15) is 0 Å². The Morgan fingerprint density at radius 1 is 0.348 bits per heavy atom. The predicted octanol–water partition coefficient (Wildman–Crippen LogP) is 12.8. The van der Waals surface area contributed by atoms with Gasteiger partial charge in [-0.1, -0.05) is 127 Å². The highest BCUT2D eigenvalue weighted by molar-refractivity contribution is 6.24. The normalized spacial score (nSPS) is 11.9. The molecular formula is C44H26O2. The first-order valence-corrected chi connectivity index (χ1v) is 15.7. The van der Waals surface area contributed by atoms with Crippen LogP contribution in [-0.2, 0) is 0 Å². The maximum atomic E-state index is 6.65. The molecule has 8 aromatic carbocycles. The fourth-order valence-electron chi connectivity index (χ4n) is 7.50. The Balaban J connectivity index is 1.23. The van der Waals surface area contributed by atoms with Gasteiger partial charge in [0.25, 0.3) is 0 Å². The zero-order valence-corrected chi connectivity index (χ0v) is 24.8. The molecule has 2 aromatic heterocycles. The van der Waals surface area contributed by atoms with Gasteiger partial charge in [0.05, 0.1) is 6.26 Å². The van der Waals surface area contributed by atoms with Gasteiger partial charge in [-0.3, -0.25) is 0 Å². The van der Waals surface area contributed by atoms with Gasteiger partial charge in [-0.15, -0.1) is 0 Å². The lowest BCUT2D eigenvalue weighted by molar-refractivity contribution is 0.600. The molecule has 0 radical (unpaired) electrons. The van der Waals surface area contributed by atoms with Crippen LogP contribution in [0.5, 0.6) is 0 Å². The van der Waals surface area contributed by atoms with E-state index in [1.54, 1.807) is 0 Å². The van der Waals surface area contributed by atoms with Gasteiger partial charge in [0.2, 0.25) is 0 Å². The number of rotatable bonds is 3. The lowest BCUT2D eigenvalue weighted by atomic mass is 9.84. The minimum absolute atomic E-state index is 0.782. The smallest absolute Gasteiger partial charge is 0.178 e. The zero-order valence-electron chi connectivity index (χ0n) is 24.8. The van der Waals surface area contributed by atoms with Crippen molar-refractivity contribution < 1.29 is 8.83 Å². The predicted molar refractivity (Wildman–Crippen MR) is 192 cm³/mol. The molecule has 0 aliphatic rings. The monoisotopic (exact) mass is 586 g/mol. The van der Waals surface area contributed by atoms with Gasteiger partial charge in [0, 0.05) is 21.7 Å². The minimum Gasteiger partial charge on any atom is -0.460 e. The van der Waals surface area contributed by atoms with Crippen molar-refractivity contribution in [2.75, 3.05) is 0 Å². The number of benzene rings is 8. The maximum Gasteiger partial charge on any atom is 0.178 e. The molecule has 214 valence electrons. The molecule has 10 rings (SSSR count). The Kier molecular flexibility index (Phi) is 5.31. The molecule has 2 nitrogen and oxygen atoms in total. The van der Waals surface area contributed by atoms with Crippen LogP contribution >= 0.6 is 0 Å². The summed E-state index contributed by atoms with van der Waals surface area (Å²) in [7, 11) is 0. The molecule has 0 amide bonds. The van der Waals surface area contributed by atoms with Crippen LogP contribution in [0.2, 0.25) is 0 Å². The van der Waals surface area contributed by atoms with Crippen molar-refractivity contribution in [1.82, 2.24) is 0 Å². The van der Waals surface area contributed by atoms with Crippen molar-refractivity contribution in [3.8, 4) is 33.4 Å². The molecule has 0 saturated carbocycles. The molecule has 0 aliphatic heterocycles. The molecule has 0 bridgehead atoms. The average Bonchev–Trinajstić information content (AvgIpc) is 3.72. The topological polar surface area (TPSA) is 26.3 Å². The summed E-state index contributed by atoms with van der Waals surface area (Å²) in [6.07, 6.45) is 1.84. The van der Waals surface area contributed by atoms with Gasteiger partial charge in [-0.2, -0.15) is 0 Å². The van der Waals surface area contributed by atoms with Crippen LogP contribution < -0.4 is 0 Å². The second-order valence-corrected chi connectivity index (χ2v) is 12.0. The van der Waals surface area contributed by atoms with E-state index in [2.05, 4.69) is 146 Å². The Bertz CT molecular complexity index is 2740. The standard InChI is InChI=1S/C44H26O2/c1-2-11-28(12-3-1)39-26-45-43-38(39)24-23-37-31-22-21-29(25-40(31)46-44(37)43)41-33-16-6-8-18-35(33)42(36-19-9-7-17-34(36)41)32-20-10-14-27-13-4-5-15-30(27)32/h1-26H. The molecule has 0 atom stereocenters. The van der Waals surface area contributed by atoms with E-state index in [1.165, 1.54) is 49.0 Å². The third kappa shape index (κ3) is 3.59. The van der Waals surface area contributed by atoms with Gasteiger partial charge in [0.15, 0.2) is 11.2 Å². The summed E-state index contributed by atoms with van der Waals surface area (Å²) in [5, 5.41) is 10.6. The van der Waals surface area contributed by atoms with Crippen LogP contribution in [-0.4, -0.2) is 0 Å². The number of hydrogen-bond acceptors (Lipinski definition) is 2. The highest BCUT2D eigenvalue weighted by Crippen LogP contribution is 2.46. The Labute approximate surface area is 264 Å². The molecule has 0 unspecified atom stereocenters. The second kappa shape index (κ2) is 9.69. The molecule has 2 heterocycles. The first-order valence-electron chi connectivity index (χ1n) is 15.7. The third-order valence-corrected chi connectivity index (χ3v) is 9.54. The number of hydrogen-bond donors (Lipinski definition) is 0. The highest BCUT2D eigenvalue weighted by atomic mass is 16.4. The molecule has 0 fully saturated rings. The summed E-state index contributed by atoms with van der Waals surface area (Å²) >= 11 is 0. The maximum absolute atomic E-state index is 6.65. The van der Waals surface area contributed by atoms with E-state index in [1.807, 2.05) is 12.3 Å². The summed E-state index contributed by atoms with van der Waals surface area (Å²) in [6, 6.07) is 54.2. The van der Waals surface area contributed by atoms with Crippen molar-refractivity contribution in [3.63, 3.8) is 0 Å². The van der Waals surface area contributed by atoms with Crippen LogP contribution in [0.4, 0.5) is 0 Å². The van der Waals surface area contributed by atoms with Crippen LogP contribution in [0, 0.1) is 0 Å². The lowest BCUT2D eigenvalue weighted by Gasteiger charge is -2.18. The quantitative estimate of drug-likeness (QED) is 0.193. The van der Waals surface area contributed by atoms with Crippen molar-refractivity contribution in [2.45, 2.75) is 0 Å². The summed E-state index contributed by atoms with van der Waals surface area (Å²) < 4.78 is 12.8. The summed E-state index contributed by atoms with van der Waals surface area (Å²) in [6.45, 7) is 0. The van der Waals surface area contributed by atoms with Gasteiger partial charge in [0.1, 0.15) is 5.58 Å². The fraction of sp³-hybridized carbons (Fsp3) is 0. The van der Waals surface area contributed by atoms with E-state index >= 15 is 0 Å². The van der Waals surface area contributed by atoms with E-state index < -0.39 is 0 Å². The van der Waals surface area contributed by atoms with Crippen molar-refractivity contribution in [1.29, 1.82) is 0 Å². The Morgan fingerprint density at radius 2 is 0.957 bits per heavy atom. The summed E-state index contributed by atoms with van der Waals surface area (Å²) in [5.74, 6) is 0. The largest absolute Gasteiger partial charge is 0.460 e. The van der Waals surface area contributed by atoms with Gasteiger partial charge in [-0.25, -0.2) is 0 Å². The molecule has 2 heteroatoms. The van der Waals surface area contributed by atoms with Gasteiger partial charge < -0.3 is 8.83 Å². The molecule has 0 aliphatic carbocycles. The first-order chi connectivity index (χ1) is 22.8. The molecule has 0 saturated heterocycles. The molecule has 0 N–H and O–H groups in total. The SMILES string of the molecule is c1ccc(-c2coc3c2ccc2c4ccc(-c5c6ccccc6c(-c6cccc7ccccc67)c6ccccc56)cc4oc23)cc1. The second-order valence-electron chi connectivity index (χ2n) is 12.0. The summed E-state index contributed by atoms with van der Waals surface area (Å²) in [4.78, 5) is 0. The van der Waals surface area contributed by atoms with Crippen LogP contribution in [0.15, 0.2) is 167 Å². The number of fused-ring (bicyclic) bond motifs is 8. The third-order valence-electron chi connectivity index (χ3n) is 9.54. The lowest BCUT2D eigenvalue weighted by Crippen LogP contribution is -1.91. The van der Waals surface area contributed by atoms with Crippen LogP contribution in [0.25, 0.3) is 98.6 Å². The van der Waals surface area contributed by atoms with E-state index in [0.29, 0.717) is 0 Å². The van der Waals surface area contributed by atoms with Crippen molar-refractivity contribution >= 4 is 65.2 Å². The average molecular weight is 587 g/mol. The molecular weight excluding hydrogens is 560 g/mol. The Hall–Kier alpha value is -6.12. The van der Waals surface area contributed by atoms with E-state index in [4.69, 9.17) is 8.83 Å². The molecule has 46 heavy (non-hydrogen) atoms. The number of furan rings is 2. The fourth-order valence-corrected chi connectivity index (χ4v) is 7.50. The summed E-state index contributed by atoms with van der Waals surface area (Å²) in [5.41, 5.74) is 9.48. The Morgan fingerprint density at radius 3 is 1.72 bits per heavy atom. The minimum atomic E-state index is 0.782. The highest BCUT2D eigenvalue weighted by Gasteiger charge is 2.20. The van der Waals surface area contributed by atoms with Crippen LogP contribution in [0.3, 0.4) is 0 Å². The molecule has 0 spiro atoms. The van der Waals surface area contributed by atoms with E-state index in [-0.39, 0.29) is 0 Å². The zero-order chi connectivity index (χ0) is 30.2. The van der Waals surface area contributed by atoms with E-state index in [0.717, 1.165) is 49.6 Å². The van der Waals surface area contributed by atoms with Gasteiger partial charge >= 0.3 is 0 Å². The van der Waals surface area contributed by atoms with Crippen molar-refractivity contribution in [3.05, 3.63) is 158 Å².